The number of benzene rings is 3. The van der Waals surface area contributed by atoms with Crippen molar-refractivity contribution < 1.29 is 9.47 Å². The lowest BCUT2D eigenvalue weighted by atomic mass is 10.2. The van der Waals surface area contributed by atoms with Gasteiger partial charge in [-0.3, -0.25) is 0 Å². The van der Waals surface area contributed by atoms with Gasteiger partial charge < -0.3 is 15.2 Å². The highest BCUT2D eigenvalue weighted by Gasteiger charge is 2.03. The molecule has 0 saturated heterocycles. The van der Waals surface area contributed by atoms with Crippen molar-refractivity contribution >= 4 is 5.69 Å². The van der Waals surface area contributed by atoms with E-state index in [0.29, 0.717) is 34.2 Å². The molecule has 0 bridgehead atoms. The fourth-order valence-electron chi connectivity index (χ4n) is 2.08. The molecule has 23 heavy (non-hydrogen) atoms. The monoisotopic (exact) mass is 302 g/mol. The van der Waals surface area contributed by atoms with Gasteiger partial charge in [-0.05, 0) is 42.5 Å². The summed E-state index contributed by atoms with van der Waals surface area (Å²) >= 11 is 0. The highest BCUT2D eigenvalue weighted by Crippen LogP contribution is 2.29. The van der Waals surface area contributed by atoms with E-state index in [2.05, 4.69) is 6.07 Å². The van der Waals surface area contributed by atoms with Crippen molar-refractivity contribution in [3.05, 3.63) is 78.4 Å². The lowest BCUT2D eigenvalue weighted by molar-refractivity contribution is 0.460. The van der Waals surface area contributed by atoms with E-state index < -0.39 is 0 Å². The molecule has 0 unspecified atom stereocenters. The standard InChI is InChI=1S/C19H14N2O2/c20-13-14-4-1-6-16(10-14)22-18-8-3-9-19(12-18)23-17-7-2-5-15(21)11-17/h1-12H,21H2. The van der Waals surface area contributed by atoms with Gasteiger partial charge in [0.25, 0.3) is 0 Å². The number of hydrogen-bond donors (Lipinski definition) is 1. The van der Waals surface area contributed by atoms with Crippen LogP contribution < -0.4 is 15.2 Å². The summed E-state index contributed by atoms with van der Waals surface area (Å²) in [7, 11) is 0. The van der Waals surface area contributed by atoms with Crippen molar-refractivity contribution in [1.82, 2.24) is 0 Å². The lowest BCUT2D eigenvalue weighted by Gasteiger charge is -2.09. The van der Waals surface area contributed by atoms with Crippen LogP contribution in [0.2, 0.25) is 0 Å². The molecule has 0 aliphatic heterocycles. The summed E-state index contributed by atoms with van der Waals surface area (Å²) in [5, 5.41) is 8.92. The zero-order valence-corrected chi connectivity index (χ0v) is 12.3. The molecule has 4 heteroatoms. The second-order valence-electron chi connectivity index (χ2n) is 4.89. The van der Waals surface area contributed by atoms with E-state index in [1.54, 1.807) is 42.5 Å². The third-order valence-electron chi connectivity index (χ3n) is 3.10. The summed E-state index contributed by atoms with van der Waals surface area (Å²) in [6, 6.07) is 23.6. The summed E-state index contributed by atoms with van der Waals surface area (Å²) in [5.41, 5.74) is 6.93. The summed E-state index contributed by atoms with van der Waals surface area (Å²) in [5.74, 6) is 2.53. The van der Waals surface area contributed by atoms with Gasteiger partial charge in [-0.1, -0.05) is 18.2 Å². The molecular formula is C19H14N2O2. The Morgan fingerprint density at radius 2 is 1.22 bits per heavy atom. The molecule has 0 aliphatic carbocycles. The van der Waals surface area contributed by atoms with Crippen molar-refractivity contribution in [3.8, 4) is 29.1 Å². The number of anilines is 1. The maximum absolute atomic E-state index is 8.92. The molecule has 0 radical (unpaired) electrons. The molecule has 3 rings (SSSR count). The molecule has 0 aliphatic rings. The van der Waals surface area contributed by atoms with Crippen LogP contribution in [0.25, 0.3) is 0 Å². The van der Waals surface area contributed by atoms with Gasteiger partial charge in [-0.15, -0.1) is 0 Å². The predicted molar refractivity (Wildman–Crippen MR) is 88.6 cm³/mol. The molecule has 2 N–H and O–H groups in total. The largest absolute Gasteiger partial charge is 0.457 e. The van der Waals surface area contributed by atoms with Crippen molar-refractivity contribution in [2.75, 3.05) is 5.73 Å². The summed E-state index contributed by atoms with van der Waals surface area (Å²) in [4.78, 5) is 0. The second-order valence-corrected chi connectivity index (χ2v) is 4.89. The summed E-state index contributed by atoms with van der Waals surface area (Å²) < 4.78 is 11.5. The van der Waals surface area contributed by atoms with Crippen LogP contribution in [0.15, 0.2) is 72.8 Å². The molecule has 0 fully saturated rings. The minimum atomic E-state index is 0.551. The molecule has 4 nitrogen and oxygen atoms in total. The Morgan fingerprint density at radius 3 is 1.83 bits per heavy atom. The Labute approximate surface area is 134 Å². The number of nitrogens with two attached hydrogens (primary N) is 1. The first kappa shape index (κ1) is 14.5. The zero-order valence-electron chi connectivity index (χ0n) is 12.3. The molecule has 0 amide bonds. The van der Waals surface area contributed by atoms with Crippen LogP contribution in [-0.4, -0.2) is 0 Å². The lowest BCUT2D eigenvalue weighted by Crippen LogP contribution is -1.89. The topological polar surface area (TPSA) is 68.3 Å². The van der Waals surface area contributed by atoms with Crippen molar-refractivity contribution in [3.63, 3.8) is 0 Å². The van der Waals surface area contributed by atoms with Gasteiger partial charge in [-0.25, -0.2) is 0 Å². The molecule has 3 aromatic rings. The molecule has 0 saturated carbocycles. The van der Waals surface area contributed by atoms with Gasteiger partial charge in [0.1, 0.15) is 23.0 Å². The van der Waals surface area contributed by atoms with E-state index in [0.717, 1.165) is 0 Å². The fourth-order valence-corrected chi connectivity index (χ4v) is 2.08. The van der Waals surface area contributed by atoms with Gasteiger partial charge in [-0.2, -0.15) is 5.26 Å². The first-order valence-electron chi connectivity index (χ1n) is 7.04. The van der Waals surface area contributed by atoms with Gasteiger partial charge >= 0.3 is 0 Å². The minimum absolute atomic E-state index is 0.551. The van der Waals surface area contributed by atoms with E-state index >= 15 is 0 Å². The number of nitrogens with zero attached hydrogens (tertiary/aromatic N) is 1. The number of nitriles is 1. The van der Waals surface area contributed by atoms with E-state index in [1.165, 1.54) is 0 Å². The third kappa shape index (κ3) is 3.80. The first-order chi connectivity index (χ1) is 11.2. The quantitative estimate of drug-likeness (QED) is 0.708. The molecule has 112 valence electrons. The summed E-state index contributed by atoms with van der Waals surface area (Å²) in [6.45, 7) is 0. The predicted octanol–water partition coefficient (Wildman–Crippen LogP) is 4.73. The van der Waals surface area contributed by atoms with Crippen LogP contribution in [-0.2, 0) is 0 Å². The summed E-state index contributed by atoms with van der Waals surface area (Å²) in [6.07, 6.45) is 0. The first-order valence-corrected chi connectivity index (χ1v) is 7.04. The maximum atomic E-state index is 8.92. The third-order valence-corrected chi connectivity index (χ3v) is 3.10. The average Bonchev–Trinajstić information content (AvgIpc) is 2.55. The smallest absolute Gasteiger partial charge is 0.131 e. The number of ether oxygens (including phenoxy) is 2. The Morgan fingerprint density at radius 1 is 0.696 bits per heavy atom. The SMILES string of the molecule is N#Cc1cccc(Oc2cccc(Oc3cccc(N)c3)c2)c1. The molecular weight excluding hydrogens is 288 g/mol. The van der Waals surface area contributed by atoms with Crippen LogP contribution in [0.4, 0.5) is 5.69 Å². The Hall–Kier alpha value is -3.45. The van der Waals surface area contributed by atoms with Crippen LogP contribution in [0.5, 0.6) is 23.0 Å². The second kappa shape index (κ2) is 6.54. The fraction of sp³-hybridized carbons (Fsp3) is 0. The van der Waals surface area contributed by atoms with Crippen molar-refractivity contribution in [2.45, 2.75) is 0 Å². The van der Waals surface area contributed by atoms with Crippen molar-refractivity contribution in [2.24, 2.45) is 0 Å². The van der Waals surface area contributed by atoms with E-state index in [1.807, 2.05) is 30.3 Å². The van der Waals surface area contributed by atoms with Crippen LogP contribution >= 0.6 is 0 Å². The highest BCUT2D eigenvalue weighted by atomic mass is 16.5. The molecule has 0 atom stereocenters. The molecule has 0 heterocycles. The molecule has 3 aromatic carbocycles. The highest BCUT2D eigenvalue weighted by molar-refractivity contribution is 5.46. The van der Waals surface area contributed by atoms with Gasteiger partial charge in [0, 0.05) is 17.8 Å². The van der Waals surface area contributed by atoms with Gasteiger partial charge in [0.15, 0.2) is 0 Å². The normalized spacial score (nSPS) is 9.87. The van der Waals surface area contributed by atoms with Crippen LogP contribution in [0, 0.1) is 11.3 Å². The number of nitrogen functional groups attached to an aromatic ring is 1. The van der Waals surface area contributed by atoms with E-state index in [4.69, 9.17) is 20.5 Å². The van der Waals surface area contributed by atoms with Crippen LogP contribution in [0.1, 0.15) is 5.56 Å². The molecule has 0 aromatic heterocycles. The van der Waals surface area contributed by atoms with Gasteiger partial charge in [0.2, 0.25) is 0 Å². The van der Waals surface area contributed by atoms with Crippen LogP contribution in [0.3, 0.4) is 0 Å². The Balaban J connectivity index is 1.78. The Bertz CT molecular complexity index is 869. The van der Waals surface area contributed by atoms with E-state index in [-0.39, 0.29) is 0 Å². The van der Waals surface area contributed by atoms with Gasteiger partial charge in [0.05, 0.1) is 11.6 Å². The molecule has 0 spiro atoms. The average molecular weight is 302 g/mol. The number of rotatable bonds is 4. The maximum Gasteiger partial charge on any atom is 0.131 e. The van der Waals surface area contributed by atoms with Crippen molar-refractivity contribution in [1.29, 1.82) is 5.26 Å². The Kier molecular flexibility index (Phi) is 4.12. The number of hydrogen-bond acceptors (Lipinski definition) is 4. The minimum Gasteiger partial charge on any atom is -0.457 e. The van der Waals surface area contributed by atoms with E-state index in [9.17, 15) is 0 Å². The zero-order chi connectivity index (χ0) is 16.1.